The number of carbonyl (C=O) groups excluding carboxylic acids is 4. The Balaban J connectivity index is 1.44. The summed E-state index contributed by atoms with van der Waals surface area (Å²) in [6.45, 7) is -0.368. The zero-order valence-electron chi connectivity index (χ0n) is 17.7. The summed E-state index contributed by atoms with van der Waals surface area (Å²) in [4.78, 5) is 53.2. The van der Waals surface area contributed by atoms with E-state index in [-0.39, 0.29) is 35.2 Å². The number of hydrogen-bond acceptors (Lipinski definition) is 5. The van der Waals surface area contributed by atoms with Gasteiger partial charge in [0, 0.05) is 18.1 Å². The van der Waals surface area contributed by atoms with Crippen LogP contribution in [-0.2, 0) is 9.53 Å². The molecule has 0 bridgehead atoms. The van der Waals surface area contributed by atoms with Crippen LogP contribution in [0.5, 0.6) is 0 Å². The van der Waals surface area contributed by atoms with E-state index in [1.165, 1.54) is 24.6 Å². The smallest absolute Gasteiger partial charge is 0.338 e. The van der Waals surface area contributed by atoms with Crippen molar-refractivity contribution in [1.29, 1.82) is 0 Å². The summed E-state index contributed by atoms with van der Waals surface area (Å²) in [7, 11) is 1.73. The van der Waals surface area contributed by atoms with E-state index < -0.39 is 17.8 Å². The minimum atomic E-state index is -0.719. The summed E-state index contributed by atoms with van der Waals surface area (Å²) in [6.07, 6.45) is 5.29. The van der Waals surface area contributed by atoms with E-state index in [0.717, 1.165) is 30.6 Å². The Bertz CT molecular complexity index is 1080. The third-order valence-electron chi connectivity index (χ3n) is 6.05. The molecule has 0 N–H and O–H groups in total. The van der Waals surface area contributed by atoms with E-state index in [4.69, 9.17) is 16.3 Å². The van der Waals surface area contributed by atoms with Gasteiger partial charge in [-0.2, -0.15) is 0 Å². The average Bonchev–Trinajstić information content (AvgIpc) is 3.07. The van der Waals surface area contributed by atoms with E-state index in [2.05, 4.69) is 0 Å². The van der Waals surface area contributed by atoms with Gasteiger partial charge in [0.2, 0.25) is 0 Å². The minimum Gasteiger partial charge on any atom is -0.452 e. The lowest BCUT2D eigenvalue weighted by molar-refractivity contribution is -0.135. The molecule has 0 atom stereocenters. The highest BCUT2D eigenvalue weighted by Gasteiger charge is 2.37. The highest BCUT2D eigenvalue weighted by Crippen LogP contribution is 2.30. The van der Waals surface area contributed by atoms with Gasteiger partial charge in [-0.3, -0.25) is 14.4 Å². The maximum atomic E-state index is 12.9. The van der Waals surface area contributed by atoms with Gasteiger partial charge in [-0.15, -0.1) is 0 Å². The van der Waals surface area contributed by atoms with Crippen molar-refractivity contribution in [1.82, 2.24) is 4.90 Å². The highest BCUT2D eigenvalue weighted by atomic mass is 35.5. The summed E-state index contributed by atoms with van der Waals surface area (Å²) in [5, 5.41) is 0.485. The van der Waals surface area contributed by atoms with Crippen LogP contribution in [0.2, 0.25) is 5.02 Å². The molecule has 2 aromatic rings. The van der Waals surface area contributed by atoms with Gasteiger partial charge in [0.05, 0.1) is 22.4 Å². The summed E-state index contributed by atoms with van der Waals surface area (Å²) in [6, 6.07) is 10.7. The number of ether oxygens (including phenoxy) is 1. The Kier molecular flexibility index (Phi) is 6.28. The van der Waals surface area contributed by atoms with Gasteiger partial charge in [0.1, 0.15) is 0 Å². The van der Waals surface area contributed by atoms with Gasteiger partial charge in [-0.05, 0) is 55.3 Å². The van der Waals surface area contributed by atoms with Gasteiger partial charge >= 0.3 is 5.97 Å². The number of halogens is 1. The van der Waals surface area contributed by atoms with Crippen LogP contribution in [-0.4, -0.2) is 48.3 Å². The lowest BCUT2D eigenvalue weighted by atomic mass is 9.94. The first-order chi connectivity index (χ1) is 15.4. The van der Waals surface area contributed by atoms with E-state index in [0.29, 0.717) is 10.7 Å². The largest absolute Gasteiger partial charge is 0.452 e. The summed E-state index contributed by atoms with van der Waals surface area (Å²) >= 11 is 5.88. The number of benzene rings is 2. The van der Waals surface area contributed by atoms with Crippen molar-refractivity contribution >= 4 is 41.0 Å². The molecule has 1 heterocycles. The molecule has 0 aromatic heterocycles. The topological polar surface area (TPSA) is 84.0 Å². The van der Waals surface area contributed by atoms with Gasteiger partial charge in [0.25, 0.3) is 17.7 Å². The van der Waals surface area contributed by atoms with Crippen molar-refractivity contribution in [2.24, 2.45) is 0 Å². The van der Waals surface area contributed by atoms with Gasteiger partial charge in [-0.1, -0.05) is 30.9 Å². The first-order valence-electron chi connectivity index (χ1n) is 10.6. The highest BCUT2D eigenvalue weighted by molar-refractivity contribution is 6.35. The molecular weight excluding hydrogens is 432 g/mol. The lowest BCUT2D eigenvalue weighted by Gasteiger charge is -2.31. The molecular formula is C24H23ClN2O5. The molecule has 0 spiro atoms. The quantitative estimate of drug-likeness (QED) is 0.502. The second-order valence-corrected chi connectivity index (χ2v) is 8.49. The summed E-state index contributed by atoms with van der Waals surface area (Å²) in [5.41, 5.74) is 0.816. The van der Waals surface area contributed by atoms with Crippen LogP contribution in [0.25, 0.3) is 0 Å². The molecule has 4 rings (SSSR count). The number of esters is 1. The van der Waals surface area contributed by atoms with E-state index in [1.807, 2.05) is 0 Å². The maximum Gasteiger partial charge on any atom is 0.338 e. The molecule has 1 saturated carbocycles. The van der Waals surface area contributed by atoms with Crippen molar-refractivity contribution in [2.75, 3.05) is 18.6 Å². The van der Waals surface area contributed by atoms with Crippen molar-refractivity contribution in [3.63, 3.8) is 0 Å². The van der Waals surface area contributed by atoms with Crippen LogP contribution in [0.15, 0.2) is 42.5 Å². The predicted octanol–water partition coefficient (Wildman–Crippen LogP) is 4.09. The van der Waals surface area contributed by atoms with Crippen molar-refractivity contribution in [3.05, 3.63) is 64.2 Å². The molecule has 1 aliphatic carbocycles. The third kappa shape index (κ3) is 4.25. The Morgan fingerprint density at radius 3 is 2.34 bits per heavy atom. The molecule has 7 nitrogen and oxygen atoms in total. The van der Waals surface area contributed by atoms with Crippen molar-refractivity contribution in [3.8, 4) is 0 Å². The van der Waals surface area contributed by atoms with Crippen LogP contribution in [0.1, 0.15) is 63.2 Å². The Morgan fingerprint density at radius 2 is 1.66 bits per heavy atom. The zero-order chi connectivity index (χ0) is 22.8. The second kappa shape index (κ2) is 9.12. The number of imide groups is 1. The normalized spacial score (nSPS) is 16.1. The van der Waals surface area contributed by atoms with Crippen LogP contribution in [0, 0.1) is 0 Å². The van der Waals surface area contributed by atoms with Crippen LogP contribution < -0.4 is 4.90 Å². The van der Waals surface area contributed by atoms with Gasteiger partial charge in [-0.25, -0.2) is 9.69 Å². The summed E-state index contributed by atoms with van der Waals surface area (Å²) in [5.74, 6) is -1.98. The van der Waals surface area contributed by atoms with E-state index in [1.54, 1.807) is 36.2 Å². The lowest BCUT2D eigenvalue weighted by Crippen LogP contribution is -2.40. The van der Waals surface area contributed by atoms with Crippen molar-refractivity contribution in [2.45, 2.75) is 38.1 Å². The second-order valence-electron chi connectivity index (χ2n) is 8.06. The van der Waals surface area contributed by atoms with Crippen LogP contribution in [0.4, 0.5) is 5.69 Å². The van der Waals surface area contributed by atoms with E-state index >= 15 is 0 Å². The predicted molar refractivity (Wildman–Crippen MR) is 119 cm³/mol. The molecule has 0 unspecified atom stereocenters. The fourth-order valence-corrected chi connectivity index (χ4v) is 4.30. The monoisotopic (exact) mass is 454 g/mol. The fraction of sp³-hybridized carbons (Fsp3) is 0.333. The van der Waals surface area contributed by atoms with E-state index in [9.17, 15) is 19.2 Å². The first kappa shape index (κ1) is 22.0. The van der Waals surface area contributed by atoms with Crippen molar-refractivity contribution < 1.29 is 23.9 Å². The number of anilines is 1. The number of nitrogens with zero attached hydrogens (tertiary/aromatic N) is 2. The molecule has 8 heteroatoms. The molecule has 0 radical (unpaired) electrons. The SMILES string of the molecule is CN(C(=O)COC(=O)c1ccc2c(c1)C(=O)N(c1ccc(Cl)cc1)C2=O)C1CCCCC1. The maximum absolute atomic E-state index is 12.9. The Hall–Kier alpha value is -3.19. The van der Waals surface area contributed by atoms with Crippen LogP contribution >= 0.6 is 11.6 Å². The third-order valence-corrected chi connectivity index (χ3v) is 6.30. The van der Waals surface area contributed by atoms with Gasteiger partial charge in [0.15, 0.2) is 6.61 Å². The average molecular weight is 455 g/mol. The molecule has 3 amide bonds. The molecule has 0 saturated heterocycles. The Labute approximate surface area is 190 Å². The zero-order valence-corrected chi connectivity index (χ0v) is 18.4. The number of rotatable bonds is 5. The number of fused-ring (bicyclic) bond motifs is 1. The standard InChI is InChI=1S/C24H23ClN2O5/c1-26(17-5-3-2-4-6-17)21(28)14-32-24(31)15-7-12-19-20(13-15)23(30)27(22(19)29)18-10-8-16(25)9-11-18/h7-13,17H,2-6,14H2,1H3. The minimum absolute atomic E-state index is 0.107. The van der Waals surface area contributed by atoms with Crippen LogP contribution in [0.3, 0.4) is 0 Å². The molecule has 166 valence electrons. The first-order valence-corrected chi connectivity index (χ1v) is 11.0. The molecule has 1 fully saturated rings. The molecule has 2 aromatic carbocycles. The Morgan fingerprint density at radius 1 is 1.00 bits per heavy atom. The molecule has 32 heavy (non-hydrogen) atoms. The van der Waals surface area contributed by atoms with Gasteiger partial charge < -0.3 is 9.64 Å². The fourth-order valence-electron chi connectivity index (χ4n) is 4.18. The number of amides is 3. The summed E-state index contributed by atoms with van der Waals surface area (Å²) < 4.78 is 5.19. The molecule has 2 aliphatic rings. The number of likely N-dealkylation sites (N-methyl/N-ethyl adjacent to an activating group) is 1. The molecule has 1 aliphatic heterocycles. The number of carbonyl (C=O) groups is 4. The number of hydrogen-bond donors (Lipinski definition) is 0.